The molecule has 2 heteroatoms. The van der Waals surface area contributed by atoms with E-state index in [0.717, 1.165) is 11.4 Å². The molecule has 2 atom stereocenters. The van der Waals surface area contributed by atoms with Crippen LogP contribution in [0.2, 0.25) is 0 Å². The van der Waals surface area contributed by atoms with Crippen LogP contribution >= 0.6 is 0 Å². The third-order valence-electron chi connectivity index (χ3n) is 10.1. The van der Waals surface area contributed by atoms with Gasteiger partial charge in [0.1, 0.15) is 0 Å². The molecule has 5 aromatic carbocycles. The highest BCUT2D eigenvalue weighted by molar-refractivity contribution is 6.10. The lowest BCUT2D eigenvalue weighted by Gasteiger charge is -2.41. The minimum absolute atomic E-state index is 0.000310. The number of fused-ring (bicyclic) bond motifs is 6. The summed E-state index contributed by atoms with van der Waals surface area (Å²) in [5.74, 6) is 0.396. The molecule has 2 nitrogen and oxygen atoms in total. The normalized spacial score (nSPS) is 20.1. The maximum atomic E-state index is 2.45. The van der Waals surface area contributed by atoms with E-state index in [2.05, 4.69) is 176 Å². The zero-order chi connectivity index (χ0) is 28.5. The van der Waals surface area contributed by atoms with E-state index < -0.39 is 0 Å². The summed E-state index contributed by atoms with van der Waals surface area (Å²) in [6, 6.07) is 44.3. The van der Waals surface area contributed by atoms with Gasteiger partial charge in [-0.3, -0.25) is 0 Å². The second kappa shape index (κ2) is 9.09. The monoisotopic (exact) mass is 542 g/mol. The maximum Gasteiger partial charge on any atom is 0.0542 e. The highest BCUT2D eigenvalue weighted by atomic mass is 15.1. The molecule has 1 aromatic heterocycles. The number of nitrogens with zero attached hydrogens (tertiary/aromatic N) is 2. The van der Waals surface area contributed by atoms with Crippen LogP contribution in [-0.4, -0.2) is 4.57 Å². The SMILES string of the molecule is CC1(C)c2cc(N(c3ccccc3)c3ccc4c(c3)c3ccccc3n4-c3ccccc3)ccc2C2C=CC=CC21C. The minimum atomic E-state index is -0.000310. The predicted octanol–water partition coefficient (Wildman–Crippen LogP) is 10.8. The van der Waals surface area contributed by atoms with E-state index in [1.807, 2.05) is 0 Å². The van der Waals surface area contributed by atoms with Gasteiger partial charge in [-0.05, 0) is 77.2 Å². The molecule has 0 saturated carbocycles. The Kier molecular flexibility index (Phi) is 5.40. The molecule has 6 aromatic rings. The fraction of sp³-hybridized carbons (Fsp3) is 0.150. The van der Waals surface area contributed by atoms with Gasteiger partial charge in [0, 0.05) is 44.9 Å². The lowest BCUT2D eigenvalue weighted by Crippen LogP contribution is -2.36. The number of anilines is 3. The molecule has 0 saturated heterocycles. The number of hydrogen-bond donors (Lipinski definition) is 0. The summed E-state index contributed by atoms with van der Waals surface area (Å²) in [5, 5.41) is 2.51. The molecule has 0 aliphatic heterocycles. The van der Waals surface area contributed by atoms with Crippen LogP contribution in [0.25, 0.3) is 27.5 Å². The van der Waals surface area contributed by atoms with Gasteiger partial charge in [-0.1, -0.05) is 106 Å². The van der Waals surface area contributed by atoms with Crippen molar-refractivity contribution in [2.24, 2.45) is 5.41 Å². The van der Waals surface area contributed by atoms with E-state index in [9.17, 15) is 0 Å². The first-order valence-electron chi connectivity index (χ1n) is 14.9. The van der Waals surface area contributed by atoms with Crippen molar-refractivity contribution in [3.63, 3.8) is 0 Å². The van der Waals surface area contributed by atoms with Crippen LogP contribution in [0.4, 0.5) is 17.1 Å². The molecule has 2 unspecified atom stereocenters. The summed E-state index contributed by atoms with van der Waals surface area (Å²) in [4.78, 5) is 2.42. The van der Waals surface area contributed by atoms with Gasteiger partial charge in [-0.15, -0.1) is 0 Å². The summed E-state index contributed by atoms with van der Waals surface area (Å²) in [7, 11) is 0. The van der Waals surface area contributed by atoms with Crippen molar-refractivity contribution in [3.05, 3.63) is 157 Å². The summed E-state index contributed by atoms with van der Waals surface area (Å²) in [6.07, 6.45) is 9.24. The lowest BCUT2D eigenvalue weighted by atomic mass is 9.62. The Morgan fingerprint density at radius 1 is 0.595 bits per heavy atom. The topological polar surface area (TPSA) is 8.17 Å². The molecular formula is C40H34N2. The molecule has 0 spiro atoms. The molecule has 1 heterocycles. The Hall–Kier alpha value is -4.82. The zero-order valence-electron chi connectivity index (χ0n) is 24.3. The van der Waals surface area contributed by atoms with Crippen LogP contribution in [0, 0.1) is 5.41 Å². The molecule has 204 valence electrons. The van der Waals surface area contributed by atoms with Crippen molar-refractivity contribution in [1.29, 1.82) is 0 Å². The fourth-order valence-corrected chi connectivity index (χ4v) is 7.52. The second-order valence-corrected chi connectivity index (χ2v) is 12.5. The third kappa shape index (κ3) is 3.45. The molecule has 8 rings (SSSR count). The van der Waals surface area contributed by atoms with Crippen molar-refractivity contribution in [1.82, 2.24) is 4.57 Å². The first kappa shape index (κ1) is 24.9. The first-order valence-corrected chi connectivity index (χ1v) is 14.9. The van der Waals surface area contributed by atoms with Gasteiger partial charge < -0.3 is 9.47 Å². The number of hydrogen-bond acceptors (Lipinski definition) is 1. The zero-order valence-corrected chi connectivity index (χ0v) is 24.3. The van der Waals surface area contributed by atoms with Crippen molar-refractivity contribution in [3.8, 4) is 5.69 Å². The molecule has 2 aliphatic carbocycles. The molecule has 0 radical (unpaired) electrons. The number of aromatic nitrogens is 1. The van der Waals surface area contributed by atoms with E-state index in [4.69, 9.17) is 0 Å². The Labute approximate surface area is 247 Å². The molecule has 42 heavy (non-hydrogen) atoms. The summed E-state index contributed by atoms with van der Waals surface area (Å²) >= 11 is 0. The molecule has 2 aliphatic rings. The Morgan fingerprint density at radius 2 is 1.26 bits per heavy atom. The van der Waals surface area contributed by atoms with Gasteiger partial charge in [-0.2, -0.15) is 0 Å². The third-order valence-corrected chi connectivity index (χ3v) is 10.1. The highest BCUT2D eigenvalue weighted by Gasteiger charge is 2.53. The summed E-state index contributed by atoms with van der Waals surface area (Å²) in [6.45, 7) is 7.25. The van der Waals surface area contributed by atoms with Crippen molar-refractivity contribution in [2.45, 2.75) is 32.1 Å². The number of para-hydroxylation sites is 3. The van der Waals surface area contributed by atoms with Crippen LogP contribution in [0.3, 0.4) is 0 Å². The van der Waals surface area contributed by atoms with Crippen LogP contribution in [-0.2, 0) is 5.41 Å². The van der Waals surface area contributed by atoms with Gasteiger partial charge in [0.15, 0.2) is 0 Å². The molecule has 0 fully saturated rings. The van der Waals surface area contributed by atoms with Crippen molar-refractivity contribution >= 4 is 38.9 Å². The maximum absolute atomic E-state index is 2.45. The molecule has 0 amide bonds. The molecule has 0 N–H and O–H groups in total. The van der Waals surface area contributed by atoms with Crippen LogP contribution in [0.15, 0.2) is 146 Å². The Morgan fingerprint density at radius 3 is 2.07 bits per heavy atom. The van der Waals surface area contributed by atoms with E-state index in [0.29, 0.717) is 5.92 Å². The highest BCUT2D eigenvalue weighted by Crippen LogP contribution is 2.61. The van der Waals surface area contributed by atoms with Gasteiger partial charge in [-0.25, -0.2) is 0 Å². The van der Waals surface area contributed by atoms with Crippen molar-refractivity contribution < 1.29 is 0 Å². The van der Waals surface area contributed by atoms with Crippen LogP contribution in [0.5, 0.6) is 0 Å². The average molecular weight is 543 g/mol. The van der Waals surface area contributed by atoms with E-state index in [-0.39, 0.29) is 10.8 Å². The standard InChI is InChI=1S/C40H34N2/c1-39(2)36-27-31(21-23-33(36)35-19-12-13-25-40(35,39)3)41(28-14-6-4-7-15-28)30-22-24-38-34(26-30)32-18-10-11-20-37(32)42(38)29-16-8-5-9-17-29/h4-27,35H,1-3H3. The van der Waals surface area contributed by atoms with Gasteiger partial charge in [0.05, 0.1) is 11.0 Å². The molecule has 0 bridgehead atoms. The number of allylic oxidation sites excluding steroid dienone is 4. The Bertz CT molecular complexity index is 2030. The van der Waals surface area contributed by atoms with Gasteiger partial charge in [0.25, 0.3) is 0 Å². The van der Waals surface area contributed by atoms with E-state index >= 15 is 0 Å². The number of rotatable bonds is 4. The number of benzene rings is 5. The van der Waals surface area contributed by atoms with Gasteiger partial charge in [0.2, 0.25) is 0 Å². The van der Waals surface area contributed by atoms with Crippen LogP contribution < -0.4 is 4.90 Å². The predicted molar refractivity (Wildman–Crippen MR) is 178 cm³/mol. The summed E-state index contributed by atoms with van der Waals surface area (Å²) < 4.78 is 2.38. The fourth-order valence-electron chi connectivity index (χ4n) is 7.52. The second-order valence-electron chi connectivity index (χ2n) is 12.5. The lowest BCUT2D eigenvalue weighted by molar-refractivity contribution is 0.245. The van der Waals surface area contributed by atoms with Crippen LogP contribution in [0.1, 0.15) is 37.8 Å². The quantitative estimate of drug-likeness (QED) is 0.215. The summed E-state index contributed by atoms with van der Waals surface area (Å²) in [5.41, 5.74) is 10.0. The minimum Gasteiger partial charge on any atom is -0.310 e. The van der Waals surface area contributed by atoms with Gasteiger partial charge >= 0.3 is 0 Å². The Balaban J connectivity index is 1.34. The average Bonchev–Trinajstić information content (AvgIpc) is 3.44. The first-order chi connectivity index (χ1) is 20.5. The smallest absolute Gasteiger partial charge is 0.0542 e. The molecular weight excluding hydrogens is 508 g/mol. The van der Waals surface area contributed by atoms with Crippen molar-refractivity contribution in [2.75, 3.05) is 4.90 Å². The van der Waals surface area contributed by atoms with E-state index in [1.54, 1.807) is 0 Å². The van der Waals surface area contributed by atoms with E-state index in [1.165, 1.54) is 44.3 Å². The largest absolute Gasteiger partial charge is 0.310 e.